The Balaban J connectivity index is 2.70. The van der Waals surface area contributed by atoms with Crippen LogP contribution in [0, 0.1) is 11.8 Å². The van der Waals surface area contributed by atoms with E-state index in [1.165, 1.54) is 0 Å². The first-order valence-electron chi connectivity index (χ1n) is 6.36. The molecule has 0 bridgehead atoms. The summed E-state index contributed by atoms with van der Waals surface area (Å²) < 4.78 is 0. The van der Waals surface area contributed by atoms with Crippen LogP contribution in [-0.2, 0) is 6.42 Å². The Kier molecular flexibility index (Phi) is 5.19. The van der Waals surface area contributed by atoms with E-state index in [1.807, 2.05) is 13.1 Å². The van der Waals surface area contributed by atoms with Crippen molar-refractivity contribution in [2.45, 2.75) is 34.1 Å². The fraction of sp³-hybridized carbons (Fsp3) is 0.692. The number of nitrogens with one attached hydrogen (secondary N) is 2. The van der Waals surface area contributed by atoms with Crippen molar-refractivity contribution in [2.24, 2.45) is 11.8 Å². The average Bonchev–Trinajstić information content (AvgIpc) is 2.35. The molecule has 96 valence electrons. The number of anilines is 2. The van der Waals surface area contributed by atoms with Crippen molar-refractivity contribution in [1.82, 2.24) is 9.97 Å². The summed E-state index contributed by atoms with van der Waals surface area (Å²) in [4.78, 5) is 8.84. The van der Waals surface area contributed by atoms with Crippen LogP contribution >= 0.6 is 0 Å². The topological polar surface area (TPSA) is 49.8 Å². The molecule has 0 aliphatic rings. The lowest BCUT2D eigenvalue weighted by molar-refractivity contribution is 0.439. The average molecular weight is 236 g/mol. The molecule has 17 heavy (non-hydrogen) atoms. The molecule has 0 saturated carbocycles. The summed E-state index contributed by atoms with van der Waals surface area (Å²) in [6.07, 6.45) is 0.851. The molecule has 1 atom stereocenters. The SMILES string of the molecule is CCc1nc(NC)cc(NCC(C)C(C)C)n1. The normalized spacial score (nSPS) is 12.6. The molecule has 0 aliphatic heterocycles. The largest absolute Gasteiger partial charge is 0.373 e. The summed E-state index contributed by atoms with van der Waals surface area (Å²) in [5.74, 6) is 3.97. The highest BCUT2D eigenvalue weighted by molar-refractivity contribution is 5.47. The van der Waals surface area contributed by atoms with Crippen molar-refractivity contribution >= 4 is 11.6 Å². The van der Waals surface area contributed by atoms with Crippen molar-refractivity contribution in [1.29, 1.82) is 0 Å². The predicted molar refractivity (Wildman–Crippen MR) is 73.4 cm³/mol. The quantitative estimate of drug-likeness (QED) is 0.797. The van der Waals surface area contributed by atoms with Crippen LogP contribution in [-0.4, -0.2) is 23.6 Å². The summed E-state index contributed by atoms with van der Waals surface area (Å²) in [7, 11) is 1.88. The molecule has 0 saturated heterocycles. The number of aromatic nitrogens is 2. The molecule has 4 nitrogen and oxygen atoms in total. The van der Waals surface area contributed by atoms with Crippen molar-refractivity contribution in [3.63, 3.8) is 0 Å². The zero-order chi connectivity index (χ0) is 12.8. The van der Waals surface area contributed by atoms with Gasteiger partial charge in [-0.25, -0.2) is 9.97 Å². The predicted octanol–water partition coefficient (Wildman–Crippen LogP) is 2.78. The first-order chi connectivity index (χ1) is 8.06. The van der Waals surface area contributed by atoms with Crippen LogP contribution in [0.25, 0.3) is 0 Å². The lowest BCUT2D eigenvalue weighted by atomic mass is 9.98. The maximum Gasteiger partial charge on any atom is 0.132 e. The Bertz CT molecular complexity index is 327. The van der Waals surface area contributed by atoms with Crippen molar-refractivity contribution in [3.05, 3.63) is 11.9 Å². The van der Waals surface area contributed by atoms with Crippen LogP contribution < -0.4 is 10.6 Å². The highest BCUT2D eigenvalue weighted by atomic mass is 15.1. The van der Waals surface area contributed by atoms with E-state index < -0.39 is 0 Å². The van der Waals surface area contributed by atoms with Gasteiger partial charge in [0.25, 0.3) is 0 Å². The van der Waals surface area contributed by atoms with Gasteiger partial charge in [0, 0.05) is 26.1 Å². The molecular weight excluding hydrogens is 212 g/mol. The summed E-state index contributed by atoms with van der Waals surface area (Å²) >= 11 is 0. The zero-order valence-electron chi connectivity index (χ0n) is 11.5. The van der Waals surface area contributed by atoms with Crippen LogP contribution in [0.2, 0.25) is 0 Å². The lowest BCUT2D eigenvalue weighted by Gasteiger charge is -2.17. The van der Waals surface area contributed by atoms with Crippen LogP contribution in [0.4, 0.5) is 11.6 Å². The molecule has 1 aromatic rings. The molecule has 1 heterocycles. The summed E-state index contributed by atoms with van der Waals surface area (Å²) in [6.45, 7) is 9.74. The van der Waals surface area contributed by atoms with Gasteiger partial charge in [0.15, 0.2) is 0 Å². The lowest BCUT2D eigenvalue weighted by Crippen LogP contribution is -2.17. The number of aryl methyl sites for hydroxylation is 1. The minimum absolute atomic E-state index is 0.632. The second kappa shape index (κ2) is 6.42. The molecule has 0 fully saturated rings. The Hall–Kier alpha value is -1.32. The Morgan fingerprint density at radius 2 is 1.82 bits per heavy atom. The van der Waals surface area contributed by atoms with Crippen LogP contribution in [0.1, 0.15) is 33.5 Å². The Labute approximate surface area is 104 Å². The minimum Gasteiger partial charge on any atom is -0.373 e. The van der Waals surface area contributed by atoms with E-state index in [2.05, 4.69) is 48.3 Å². The molecule has 2 N–H and O–H groups in total. The monoisotopic (exact) mass is 236 g/mol. The zero-order valence-corrected chi connectivity index (χ0v) is 11.5. The van der Waals surface area contributed by atoms with Gasteiger partial charge in [0.05, 0.1) is 0 Å². The van der Waals surface area contributed by atoms with E-state index in [0.29, 0.717) is 11.8 Å². The van der Waals surface area contributed by atoms with Crippen LogP contribution in [0.15, 0.2) is 6.07 Å². The standard InChI is InChI=1S/C13H24N4/c1-6-11-16-12(14-5)7-13(17-11)15-8-10(4)9(2)3/h7,9-10H,6,8H2,1-5H3,(H2,14,15,16,17). The highest BCUT2D eigenvalue weighted by Crippen LogP contribution is 2.14. The maximum absolute atomic E-state index is 4.47. The fourth-order valence-corrected chi connectivity index (χ4v) is 1.38. The summed E-state index contributed by atoms with van der Waals surface area (Å²) in [6, 6.07) is 1.95. The first-order valence-corrected chi connectivity index (χ1v) is 6.36. The smallest absolute Gasteiger partial charge is 0.132 e. The molecule has 0 radical (unpaired) electrons. The second-order valence-electron chi connectivity index (χ2n) is 4.76. The second-order valence-corrected chi connectivity index (χ2v) is 4.76. The van der Waals surface area contributed by atoms with Gasteiger partial charge in [-0.15, -0.1) is 0 Å². The maximum atomic E-state index is 4.47. The third-order valence-corrected chi connectivity index (χ3v) is 3.09. The van der Waals surface area contributed by atoms with E-state index >= 15 is 0 Å². The van der Waals surface area contributed by atoms with Gasteiger partial charge in [0.1, 0.15) is 17.5 Å². The van der Waals surface area contributed by atoms with Gasteiger partial charge in [0.2, 0.25) is 0 Å². The number of hydrogen-bond donors (Lipinski definition) is 2. The Morgan fingerprint density at radius 3 is 2.35 bits per heavy atom. The van der Waals surface area contributed by atoms with Crippen molar-refractivity contribution in [2.75, 3.05) is 24.2 Å². The van der Waals surface area contributed by atoms with Crippen LogP contribution in [0.3, 0.4) is 0 Å². The van der Waals surface area contributed by atoms with Gasteiger partial charge >= 0.3 is 0 Å². The van der Waals surface area contributed by atoms with Gasteiger partial charge in [-0.3, -0.25) is 0 Å². The molecule has 0 aliphatic carbocycles. The van der Waals surface area contributed by atoms with Gasteiger partial charge in [-0.05, 0) is 11.8 Å². The van der Waals surface area contributed by atoms with Gasteiger partial charge in [-0.1, -0.05) is 27.7 Å². The molecule has 1 unspecified atom stereocenters. The molecule has 4 heteroatoms. The molecule has 1 aromatic heterocycles. The van der Waals surface area contributed by atoms with E-state index in [0.717, 1.165) is 30.4 Å². The van der Waals surface area contributed by atoms with E-state index in [1.54, 1.807) is 0 Å². The number of rotatable bonds is 6. The first kappa shape index (κ1) is 13.7. The van der Waals surface area contributed by atoms with E-state index in [-0.39, 0.29) is 0 Å². The molecule has 1 rings (SSSR count). The molecule has 0 spiro atoms. The molecule has 0 amide bonds. The van der Waals surface area contributed by atoms with E-state index in [4.69, 9.17) is 0 Å². The third-order valence-electron chi connectivity index (χ3n) is 3.09. The van der Waals surface area contributed by atoms with Gasteiger partial charge < -0.3 is 10.6 Å². The molecular formula is C13H24N4. The number of nitrogens with zero attached hydrogens (tertiary/aromatic N) is 2. The summed E-state index contributed by atoms with van der Waals surface area (Å²) in [5, 5.41) is 6.45. The third kappa shape index (κ3) is 4.21. The Morgan fingerprint density at radius 1 is 1.18 bits per heavy atom. The minimum atomic E-state index is 0.632. The fourth-order valence-electron chi connectivity index (χ4n) is 1.38. The van der Waals surface area contributed by atoms with Crippen molar-refractivity contribution < 1.29 is 0 Å². The van der Waals surface area contributed by atoms with E-state index in [9.17, 15) is 0 Å². The molecule has 0 aromatic carbocycles. The number of hydrogen-bond acceptors (Lipinski definition) is 4. The van der Waals surface area contributed by atoms with Crippen LogP contribution in [0.5, 0.6) is 0 Å². The summed E-state index contributed by atoms with van der Waals surface area (Å²) in [5.41, 5.74) is 0. The van der Waals surface area contributed by atoms with Gasteiger partial charge in [-0.2, -0.15) is 0 Å². The highest BCUT2D eigenvalue weighted by Gasteiger charge is 2.08. The van der Waals surface area contributed by atoms with Crippen molar-refractivity contribution in [3.8, 4) is 0 Å².